The van der Waals surface area contributed by atoms with Crippen molar-refractivity contribution in [1.82, 2.24) is 20.9 Å². The summed E-state index contributed by atoms with van der Waals surface area (Å²) < 4.78 is 11.0. The Morgan fingerprint density at radius 1 is 0.708 bits per heavy atom. The summed E-state index contributed by atoms with van der Waals surface area (Å²) in [5, 5.41) is 8.69. The van der Waals surface area contributed by atoms with Crippen molar-refractivity contribution in [3.05, 3.63) is 108 Å². The molecule has 0 bridgehead atoms. The van der Waals surface area contributed by atoms with Gasteiger partial charge in [0.25, 0.3) is 0 Å². The molecule has 10 nitrogen and oxygen atoms in total. The highest BCUT2D eigenvalue weighted by molar-refractivity contribution is 5.93. The quantitative estimate of drug-likeness (QED) is 0.190. The lowest BCUT2D eigenvalue weighted by Gasteiger charge is -2.28. The van der Waals surface area contributed by atoms with Gasteiger partial charge in [0.05, 0.1) is 19.8 Å². The Kier molecular flexibility index (Phi) is 14.6. The number of benzene rings is 3. The molecule has 1 fully saturated rings. The predicted octanol–water partition coefficient (Wildman–Crippen LogP) is 3.44. The monoisotopic (exact) mass is 656 g/mol. The second-order valence-electron chi connectivity index (χ2n) is 12.6. The highest BCUT2D eigenvalue weighted by Crippen LogP contribution is 2.12. The van der Waals surface area contributed by atoms with Crippen LogP contribution in [0.4, 0.5) is 0 Å². The van der Waals surface area contributed by atoms with Crippen LogP contribution in [0.25, 0.3) is 0 Å². The smallest absolute Gasteiger partial charge is 0.329 e. The number of amides is 3. The number of hydrogen-bond acceptors (Lipinski definition) is 7. The van der Waals surface area contributed by atoms with Crippen LogP contribution in [0.5, 0.6) is 0 Å². The molecule has 0 aromatic heterocycles. The normalized spacial score (nSPS) is 15.1. The third-order valence-electron chi connectivity index (χ3n) is 8.13. The Morgan fingerprint density at radius 2 is 1.25 bits per heavy atom. The van der Waals surface area contributed by atoms with E-state index in [-0.39, 0.29) is 31.4 Å². The fourth-order valence-corrected chi connectivity index (χ4v) is 5.55. The van der Waals surface area contributed by atoms with Gasteiger partial charge in [-0.3, -0.25) is 19.3 Å². The first kappa shape index (κ1) is 36.3. The molecule has 48 heavy (non-hydrogen) atoms. The van der Waals surface area contributed by atoms with E-state index >= 15 is 0 Å². The van der Waals surface area contributed by atoms with Gasteiger partial charge in [-0.05, 0) is 41.9 Å². The van der Waals surface area contributed by atoms with Crippen LogP contribution in [0.1, 0.15) is 43.4 Å². The third kappa shape index (κ3) is 12.6. The van der Waals surface area contributed by atoms with Gasteiger partial charge in [-0.1, -0.05) is 105 Å². The Labute approximate surface area is 283 Å². The number of carbonyl (C=O) groups is 4. The van der Waals surface area contributed by atoms with Crippen molar-refractivity contribution in [2.24, 2.45) is 5.92 Å². The van der Waals surface area contributed by atoms with E-state index in [2.05, 4.69) is 16.0 Å². The van der Waals surface area contributed by atoms with Gasteiger partial charge in [-0.15, -0.1) is 0 Å². The summed E-state index contributed by atoms with van der Waals surface area (Å²) in [6, 6.07) is 25.7. The molecule has 3 aromatic rings. The number of rotatable bonds is 17. The molecule has 10 heteroatoms. The second-order valence-corrected chi connectivity index (χ2v) is 12.6. The molecule has 0 radical (unpaired) electrons. The van der Waals surface area contributed by atoms with E-state index in [1.807, 2.05) is 110 Å². The summed E-state index contributed by atoms with van der Waals surface area (Å²) in [6.45, 7) is 6.54. The minimum atomic E-state index is -0.975. The molecule has 1 saturated heterocycles. The number of hydrogen-bond donors (Lipinski definition) is 3. The Morgan fingerprint density at radius 3 is 1.85 bits per heavy atom. The second kappa shape index (κ2) is 19.3. The van der Waals surface area contributed by atoms with Gasteiger partial charge in [0.2, 0.25) is 17.7 Å². The van der Waals surface area contributed by atoms with E-state index in [1.165, 1.54) is 0 Å². The highest BCUT2D eigenvalue weighted by Gasteiger charge is 2.31. The first-order valence-electron chi connectivity index (χ1n) is 16.8. The molecule has 3 N–H and O–H groups in total. The van der Waals surface area contributed by atoms with E-state index in [0.29, 0.717) is 45.6 Å². The fraction of sp³-hybridized carbons (Fsp3) is 0.421. The largest absolute Gasteiger partial charge is 0.459 e. The first-order chi connectivity index (χ1) is 23.3. The van der Waals surface area contributed by atoms with Gasteiger partial charge in [0.1, 0.15) is 24.7 Å². The lowest BCUT2D eigenvalue weighted by molar-refractivity contribution is -0.149. The summed E-state index contributed by atoms with van der Waals surface area (Å²) in [6.07, 6.45) is 1.47. The molecule has 3 aromatic carbocycles. The number of nitrogens with one attached hydrogen (secondary N) is 3. The van der Waals surface area contributed by atoms with Crippen LogP contribution < -0.4 is 16.0 Å². The maximum absolute atomic E-state index is 13.8. The number of esters is 1. The summed E-state index contributed by atoms with van der Waals surface area (Å²) in [4.78, 5) is 56.1. The molecule has 3 atom stereocenters. The van der Waals surface area contributed by atoms with Crippen molar-refractivity contribution in [1.29, 1.82) is 0 Å². The fourth-order valence-electron chi connectivity index (χ4n) is 5.55. The van der Waals surface area contributed by atoms with E-state index in [0.717, 1.165) is 16.7 Å². The van der Waals surface area contributed by atoms with E-state index in [4.69, 9.17) is 9.47 Å². The highest BCUT2D eigenvalue weighted by atomic mass is 16.5. The Balaban J connectivity index is 1.46. The van der Waals surface area contributed by atoms with Gasteiger partial charge in [0.15, 0.2) is 0 Å². The summed E-state index contributed by atoms with van der Waals surface area (Å²) >= 11 is 0. The van der Waals surface area contributed by atoms with Gasteiger partial charge in [-0.2, -0.15) is 0 Å². The standard InChI is InChI=1S/C38H48N4O6/c1-28(2)24-33(37(45)41-34(25-30-14-8-4-9-15-30)38(46)48-27-31-16-10-5-11-17-31)40-36(44)32(19-18-29-12-6-3-7-13-29)39-35(43)26-42-20-22-47-23-21-42/h3-17,28,32-34H,18-27H2,1-2H3,(H,39,43)(H,40,44)(H,41,45)/t32-,33-,34+/m1/s1. The van der Waals surface area contributed by atoms with Crippen molar-refractivity contribution in [3.63, 3.8) is 0 Å². The number of nitrogens with zero attached hydrogens (tertiary/aromatic N) is 1. The van der Waals surface area contributed by atoms with Gasteiger partial charge >= 0.3 is 5.97 Å². The zero-order valence-corrected chi connectivity index (χ0v) is 27.9. The molecule has 0 aliphatic carbocycles. The molecule has 3 amide bonds. The SMILES string of the molecule is CC(C)C[C@@H](NC(=O)[C@@H](CCc1ccccc1)NC(=O)CN1CCOCC1)C(=O)N[C@@H](Cc1ccccc1)C(=O)OCc1ccccc1. The van der Waals surface area contributed by atoms with Crippen LogP contribution >= 0.6 is 0 Å². The average Bonchev–Trinajstić information content (AvgIpc) is 3.10. The van der Waals surface area contributed by atoms with Crippen LogP contribution in [0.15, 0.2) is 91.0 Å². The number of ether oxygens (including phenoxy) is 2. The summed E-state index contributed by atoms with van der Waals surface area (Å²) in [7, 11) is 0. The molecule has 0 spiro atoms. The van der Waals surface area contributed by atoms with Gasteiger partial charge in [-0.25, -0.2) is 4.79 Å². The van der Waals surface area contributed by atoms with Crippen LogP contribution in [-0.2, 0) is 48.1 Å². The van der Waals surface area contributed by atoms with Crippen molar-refractivity contribution in [2.75, 3.05) is 32.8 Å². The third-order valence-corrected chi connectivity index (χ3v) is 8.13. The van der Waals surface area contributed by atoms with Gasteiger partial charge in [0, 0.05) is 19.5 Å². The molecule has 256 valence electrons. The molecule has 0 unspecified atom stereocenters. The maximum Gasteiger partial charge on any atom is 0.329 e. The van der Waals surface area contributed by atoms with E-state index < -0.39 is 35.9 Å². The van der Waals surface area contributed by atoms with Crippen molar-refractivity contribution < 1.29 is 28.7 Å². The molecule has 1 aliphatic heterocycles. The zero-order chi connectivity index (χ0) is 34.1. The van der Waals surface area contributed by atoms with Crippen molar-refractivity contribution in [3.8, 4) is 0 Å². The molecular formula is C38H48N4O6. The first-order valence-corrected chi connectivity index (χ1v) is 16.8. The number of carbonyl (C=O) groups excluding carboxylic acids is 4. The minimum absolute atomic E-state index is 0.0531. The Bertz CT molecular complexity index is 1430. The molecule has 1 heterocycles. The van der Waals surface area contributed by atoms with Crippen molar-refractivity contribution in [2.45, 2.75) is 64.3 Å². The minimum Gasteiger partial charge on any atom is -0.459 e. The van der Waals surface area contributed by atoms with Crippen LogP contribution in [0.3, 0.4) is 0 Å². The summed E-state index contributed by atoms with van der Waals surface area (Å²) in [5.41, 5.74) is 2.72. The summed E-state index contributed by atoms with van der Waals surface area (Å²) in [5.74, 6) is -1.72. The Hall–Kier alpha value is -4.54. The predicted molar refractivity (Wildman–Crippen MR) is 184 cm³/mol. The van der Waals surface area contributed by atoms with Crippen molar-refractivity contribution >= 4 is 23.7 Å². The van der Waals surface area contributed by atoms with Crippen LogP contribution in [0.2, 0.25) is 0 Å². The number of aryl methyl sites for hydroxylation is 1. The van der Waals surface area contributed by atoms with E-state index in [1.54, 1.807) is 0 Å². The van der Waals surface area contributed by atoms with Gasteiger partial charge < -0.3 is 25.4 Å². The molecule has 4 rings (SSSR count). The number of morpholine rings is 1. The maximum atomic E-state index is 13.8. The zero-order valence-electron chi connectivity index (χ0n) is 27.9. The topological polar surface area (TPSA) is 126 Å². The molecule has 0 saturated carbocycles. The van der Waals surface area contributed by atoms with Crippen LogP contribution in [-0.4, -0.2) is 79.6 Å². The lowest BCUT2D eigenvalue weighted by Crippen LogP contribution is -2.57. The lowest BCUT2D eigenvalue weighted by atomic mass is 10.00. The molecular weight excluding hydrogens is 608 g/mol. The molecule has 1 aliphatic rings. The van der Waals surface area contributed by atoms with E-state index in [9.17, 15) is 19.2 Å². The average molecular weight is 657 g/mol. The van der Waals surface area contributed by atoms with Crippen LogP contribution in [0, 0.1) is 5.92 Å².